The van der Waals surface area contributed by atoms with Crippen molar-refractivity contribution in [3.63, 3.8) is 0 Å². The Morgan fingerprint density at radius 3 is 2.61 bits per heavy atom. The van der Waals surface area contributed by atoms with Gasteiger partial charge in [-0.2, -0.15) is 0 Å². The van der Waals surface area contributed by atoms with E-state index in [9.17, 15) is 0 Å². The van der Waals surface area contributed by atoms with Crippen molar-refractivity contribution in [3.8, 4) is 23.0 Å². The third-order valence-electron chi connectivity index (χ3n) is 3.75. The molecule has 1 aliphatic rings. The number of hydrogen-bond donors (Lipinski definition) is 0. The van der Waals surface area contributed by atoms with Crippen molar-refractivity contribution < 1.29 is 18.9 Å². The third kappa shape index (κ3) is 3.59. The minimum atomic E-state index is 0.307. The molecule has 2 aromatic rings. The van der Waals surface area contributed by atoms with Gasteiger partial charge in [-0.25, -0.2) is 0 Å². The van der Waals surface area contributed by atoms with Gasteiger partial charge in [-0.3, -0.25) is 0 Å². The van der Waals surface area contributed by atoms with Crippen molar-refractivity contribution >= 4 is 6.08 Å². The van der Waals surface area contributed by atoms with Crippen LogP contribution < -0.4 is 18.9 Å². The minimum absolute atomic E-state index is 0.307. The van der Waals surface area contributed by atoms with Crippen molar-refractivity contribution in [2.75, 3.05) is 21.0 Å². The van der Waals surface area contributed by atoms with Gasteiger partial charge >= 0.3 is 0 Å². The number of rotatable bonds is 6. The molecule has 0 atom stereocenters. The van der Waals surface area contributed by atoms with E-state index in [0.717, 1.165) is 41.4 Å². The van der Waals surface area contributed by atoms with E-state index in [1.807, 2.05) is 30.3 Å². The molecule has 0 N–H and O–H groups in total. The molecule has 0 amide bonds. The Morgan fingerprint density at radius 2 is 1.78 bits per heavy atom. The molecule has 0 bridgehead atoms. The second-order valence-corrected chi connectivity index (χ2v) is 5.24. The number of benzene rings is 2. The number of hydrogen-bond acceptors (Lipinski definition) is 4. The molecule has 0 spiro atoms. The highest BCUT2D eigenvalue weighted by atomic mass is 16.7. The summed E-state index contributed by atoms with van der Waals surface area (Å²) in [6.07, 6.45) is 6.16. The van der Waals surface area contributed by atoms with Gasteiger partial charge in [0.15, 0.2) is 23.0 Å². The van der Waals surface area contributed by atoms with Crippen molar-refractivity contribution in [1.29, 1.82) is 0 Å². The molecule has 0 saturated carbocycles. The Labute approximate surface area is 136 Å². The standard InChI is InChI=1S/C19H20O4/c1-20-16-9-7-14(11-18(16)21-2)5-3-4-6-15-8-10-17-19(12-15)23-13-22-17/h4,6-12H,3,5,13H2,1-2H3/b6-4+. The van der Waals surface area contributed by atoms with Gasteiger partial charge < -0.3 is 18.9 Å². The SMILES string of the molecule is COc1ccc(CC/C=C/c2ccc3c(c2)OCO3)cc1OC. The normalized spacial score (nSPS) is 12.6. The molecular weight excluding hydrogens is 292 g/mol. The van der Waals surface area contributed by atoms with Crippen molar-refractivity contribution in [3.05, 3.63) is 53.6 Å². The summed E-state index contributed by atoms with van der Waals surface area (Å²) >= 11 is 0. The number of aryl methyl sites for hydroxylation is 1. The van der Waals surface area contributed by atoms with Gasteiger partial charge in [0.2, 0.25) is 6.79 Å². The number of allylic oxidation sites excluding steroid dienone is 1. The number of fused-ring (bicyclic) bond motifs is 1. The van der Waals surface area contributed by atoms with Gasteiger partial charge in [-0.1, -0.05) is 24.3 Å². The predicted molar refractivity (Wildman–Crippen MR) is 89.5 cm³/mol. The fourth-order valence-corrected chi connectivity index (χ4v) is 2.52. The van der Waals surface area contributed by atoms with Gasteiger partial charge in [0.1, 0.15) is 0 Å². The topological polar surface area (TPSA) is 36.9 Å². The van der Waals surface area contributed by atoms with Crippen LogP contribution in [-0.2, 0) is 6.42 Å². The maximum atomic E-state index is 5.38. The summed E-state index contributed by atoms with van der Waals surface area (Å²) in [5.74, 6) is 3.15. The lowest BCUT2D eigenvalue weighted by Crippen LogP contribution is -1.92. The summed E-state index contributed by atoms with van der Waals surface area (Å²) in [4.78, 5) is 0. The lowest BCUT2D eigenvalue weighted by atomic mass is 10.1. The van der Waals surface area contributed by atoms with E-state index in [0.29, 0.717) is 6.79 Å². The molecule has 0 aromatic heterocycles. The maximum absolute atomic E-state index is 5.38. The molecule has 0 aliphatic carbocycles. The molecule has 4 nitrogen and oxygen atoms in total. The summed E-state index contributed by atoms with van der Waals surface area (Å²) in [5, 5.41) is 0. The number of ether oxygens (including phenoxy) is 4. The van der Waals surface area contributed by atoms with E-state index in [-0.39, 0.29) is 0 Å². The molecule has 0 fully saturated rings. The van der Waals surface area contributed by atoms with Crippen LogP contribution in [-0.4, -0.2) is 21.0 Å². The molecule has 1 aliphatic heterocycles. The maximum Gasteiger partial charge on any atom is 0.231 e. The average Bonchev–Trinajstić information content (AvgIpc) is 3.06. The summed E-state index contributed by atoms with van der Waals surface area (Å²) in [5.41, 5.74) is 2.33. The molecule has 0 saturated heterocycles. The second kappa shape index (κ2) is 7.09. The first-order chi connectivity index (χ1) is 11.3. The average molecular weight is 312 g/mol. The highest BCUT2D eigenvalue weighted by Gasteiger charge is 2.12. The van der Waals surface area contributed by atoms with Crippen molar-refractivity contribution in [2.45, 2.75) is 12.8 Å². The zero-order chi connectivity index (χ0) is 16.1. The summed E-state index contributed by atoms with van der Waals surface area (Å²) in [7, 11) is 3.30. The quantitative estimate of drug-likeness (QED) is 0.805. The summed E-state index contributed by atoms with van der Waals surface area (Å²) in [6.45, 7) is 0.307. The first-order valence-corrected chi connectivity index (χ1v) is 7.57. The van der Waals surface area contributed by atoms with Crippen LogP contribution >= 0.6 is 0 Å². The van der Waals surface area contributed by atoms with Crippen LogP contribution in [0.3, 0.4) is 0 Å². The largest absolute Gasteiger partial charge is 0.493 e. The van der Waals surface area contributed by atoms with E-state index in [1.54, 1.807) is 14.2 Å². The van der Waals surface area contributed by atoms with Gasteiger partial charge in [0.05, 0.1) is 14.2 Å². The zero-order valence-electron chi connectivity index (χ0n) is 13.4. The first-order valence-electron chi connectivity index (χ1n) is 7.57. The molecule has 120 valence electrons. The van der Waals surface area contributed by atoms with Gasteiger partial charge in [-0.15, -0.1) is 0 Å². The molecule has 0 unspecified atom stereocenters. The van der Waals surface area contributed by atoms with E-state index < -0.39 is 0 Å². The van der Waals surface area contributed by atoms with Crippen molar-refractivity contribution in [1.82, 2.24) is 0 Å². The van der Waals surface area contributed by atoms with Crippen LogP contribution in [0.5, 0.6) is 23.0 Å². The Kier molecular flexibility index (Phi) is 4.71. The Balaban J connectivity index is 1.58. The molecular formula is C19H20O4. The Bertz CT molecular complexity index is 707. The predicted octanol–water partition coefficient (Wildman–Crippen LogP) is 4.08. The highest BCUT2D eigenvalue weighted by Crippen LogP contribution is 2.33. The lowest BCUT2D eigenvalue weighted by Gasteiger charge is -2.08. The van der Waals surface area contributed by atoms with Crippen LogP contribution in [0, 0.1) is 0 Å². The van der Waals surface area contributed by atoms with E-state index >= 15 is 0 Å². The lowest BCUT2D eigenvalue weighted by molar-refractivity contribution is 0.174. The van der Waals surface area contributed by atoms with Crippen LogP contribution in [0.4, 0.5) is 0 Å². The molecule has 23 heavy (non-hydrogen) atoms. The number of methoxy groups -OCH3 is 2. The van der Waals surface area contributed by atoms with E-state index in [1.165, 1.54) is 5.56 Å². The molecule has 3 rings (SSSR count). The summed E-state index contributed by atoms with van der Waals surface area (Å²) in [6, 6.07) is 12.0. The Hall–Kier alpha value is -2.62. The Morgan fingerprint density at radius 1 is 0.957 bits per heavy atom. The van der Waals surface area contributed by atoms with Crippen LogP contribution in [0.15, 0.2) is 42.5 Å². The van der Waals surface area contributed by atoms with E-state index in [4.69, 9.17) is 18.9 Å². The first kappa shape index (κ1) is 15.3. The molecule has 2 aromatic carbocycles. The molecule has 0 radical (unpaired) electrons. The van der Waals surface area contributed by atoms with Crippen LogP contribution in [0.2, 0.25) is 0 Å². The fourth-order valence-electron chi connectivity index (χ4n) is 2.52. The van der Waals surface area contributed by atoms with Crippen LogP contribution in [0.1, 0.15) is 17.5 Å². The molecule has 4 heteroatoms. The summed E-state index contributed by atoms with van der Waals surface area (Å²) < 4.78 is 21.3. The third-order valence-corrected chi connectivity index (χ3v) is 3.75. The van der Waals surface area contributed by atoms with Gasteiger partial charge in [0.25, 0.3) is 0 Å². The van der Waals surface area contributed by atoms with Gasteiger partial charge in [-0.05, 0) is 48.2 Å². The second-order valence-electron chi connectivity index (χ2n) is 5.24. The fraction of sp³-hybridized carbons (Fsp3) is 0.263. The minimum Gasteiger partial charge on any atom is -0.493 e. The van der Waals surface area contributed by atoms with Crippen molar-refractivity contribution in [2.24, 2.45) is 0 Å². The smallest absolute Gasteiger partial charge is 0.231 e. The van der Waals surface area contributed by atoms with Gasteiger partial charge in [0, 0.05) is 0 Å². The molecule has 1 heterocycles. The highest BCUT2D eigenvalue weighted by molar-refractivity contribution is 5.56. The van der Waals surface area contributed by atoms with Crippen LogP contribution in [0.25, 0.3) is 6.08 Å². The zero-order valence-corrected chi connectivity index (χ0v) is 13.4. The monoisotopic (exact) mass is 312 g/mol. The van der Waals surface area contributed by atoms with E-state index in [2.05, 4.69) is 18.2 Å².